The van der Waals surface area contributed by atoms with E-state index < -0.39 is 0 Å². The minimum absolute atomic E-state index is 0.555. The number of rotatable bonds is 2. The zero-order valence-corrected chi connectivity index (χ0v) is 4.22. The summed E-state index contributed by atoms with van der Waals surface area (Å²) in [7, 11) is 5.15. The lowest BCUT2D eigenvalue weighted by Crippen LogP contribution is -1.64. The molecule has 0 bridgehead atoms. The van der Waals surface area contributed by atoms with Crippen LogP contribution < -0.4 is 0 Å². The summed E-state index contributed by atoms with van der Waals surface area (Å²) in [5.74, 6) is 0. The minimum atomic E-state index is 0.555. The van der Waals surface area contributed by atoms with E-state index in [1.807, 2.05) is 0 Å². The summed E-state index contributed by atoms with van der Waals surface area (Å²) >= 11 is 0. The van der Waals surface area contributed by atoms with Crippen molar-refractivity contribution < 1.29 is 0 Å². The molecular weight excluding hydrogens is 82.9 g/mol. The normalized spacial score (nSPS) is 9.14. The highest BCUT2D eigenvalue weighted by Gasteiger charge is 1.65. The standard InChI is InChI=1S/C6H7B/c1-3-4-5-6(2)7/h3-5H,1-2H2/b5-4-. The lowest BCUT2D eigenvalue weighted by atomic mass is 9.98. The van der Waals surface area contributed by atoms with Crippen LogP contribution in [0.15, 0.2) is 36.9 Å². The first-order valence-electron chi connectivity index (χ1n) is 2.01. The van der Waals surface area contributed by atoms with Crippen molar-refractivity contribution in [2.24, 2.45) is 0 Å². The van der Waals surface area contributed by atoms with Crippen LogP contribution in [0.3, 0.4) is 0 Å². The van der Waals surface area contributed by atoms with E-state index >= 15 is 0 Å². The predicted molar refractivity (Wildman–Crippen MR) is 34.2 cm³/mol. The topological polar surface area (TPSA) is 0 Å². The second-order valence-electron chi connectivity index (χ2n) is 1.17. The van der Waals surface area contributed by atoms with Crippen molar-refractivity contribution in [1.82, 2.24) is 0 Å². The number of hydrogen-bond acceptors (Lipinski definition) is 0. The van der Waals surface area contributed by atoms with Gasteiger partial charge in [0.05, 0.1) is 0 Å². The molecule has 0 amide bonds. The van der Waals surface area contributed by atoms with E-state index in [2.05, 4.69) is 13.2 Å². The van der Waals surface area contributed by atoms with Crippen LogP contribution >= 0.6 is 0 Å². The van der Waals surface area contributed by atoms with Crippen LogP contribution in [0.25, 0.3) is 0 Å². The fourth-order valence-electron chi connectivity index (χ4n) is 0.192. The van der Waals surface area contributed by atoms with Gasteiger partial charge in [-0.25, -0.2) is 0 Å². The molecule has 34 valence electrons. The van der Waals surface area contributed by atoms with Crippen molar-refractivity contribution in [3.8, 4) is 0 Å². The highest BCUT2D eigenvalue weighted by molar-refractivity contribution is 6.23. The van der Waals surface area contributed by atoms with Gasteiger partial charge in [-0.3, -0.25) is 0 Å². The van der Waals surface area contributed by atoms with E-state index in [1.54, 1.807) is 18.2 Å². The van der Waals surface area contributed by atoms with Gasteiger partial charge in [0, 0.05) is 0 Å². The molecule has 0 heterocycles. The summed E-state index contributed by atoms with van der Waals surface area (Å²) < 4.78 is 0. The van der Waals surface area contributed by atoms with Gasteiger partial charge in [-0.15, -0.1) is 12.1 Å². The Morgan fingerprint density at radius 3 is 2.29 bits per heavy atom. The molecule has 0 rings (SSSR count). The Morgan fingerprint density at radius 2 is 2.14 bits per heavy atom. The van der Waals surface area contributed by atoms with Crippen LogP contribution in [0.4, 0.5) is 0 Å². The van der Waals surface area contributed by atoms with Gasteiger partial charge in [0.15, 0.2) is 0 Å². The molecule has 0 spiro atoms. The van der Waals surface area contributed by atoms with Crippen LogP contribution in [-0.4, -0.2) is 7.85 Å². The molecule has 0 aromatic carbocycles. The maximum Gasteiger partial charge on any atom is 0.112 e. The summed E-state index contributed by atoms with van der Waals surface area (Å²) in [5, 5.41) is 0. The van der Waals surface area contributed by atoms with Gasteiger partial charge in [0.25, 0.3) is 0 Å². The molecule has 0 aliphatic carbocycles. The van der Waals surface area contributed by atoms with Gasteiger partial charge in [0.1, 0.15) is 7.85 Å². The van der Waals surface area contributed by atoms with Crippen LogP contribution in [0.1, 0.15) is 0 Å². The van der Waals surface area contributed by atoms with Gasteiger partial charge in [-0.2, -0.15) is 0 Å². The van der Waals surface area contributed by atoms with Crippen LogP contribution in [0.2, 0.25) is 0 Å². The van der Waals surface area contributed by atoms with E-state index in [-0.39, 0.29) is 0 Å². The van der Waals surface area contributed by atoms with E-state index in [1.165, 1.54) is 0 Å². The molecule has 7 heavy (non-hydrogen) atoms. The average Bonchev–Trinajstić information content (AvgIpc) is 1.61. The molecule has 1 heteroatoms. The second-order valence-corrected chi connectivity index (χ2v) is 1.17. The van der Waals surface area contributed by atoms with Crippen molar-refractivity contribution in [1.29, 1.82) is 0 Å². The van der Waals surface area contributed by atoms with Gasteiger partial charge in [0.2, 0.25) is 0 Å². The van der Waals surface area contributed by atoms with Crippen molar-refractivity contribution in [3.63, 3.8) is 0 Å². The van der Waals surface area contributed by atoms with Crippen LogP contribution in [-0.2, 0) is 0 Å². The average molecular weight is 89.9 g/mol. The Hall–Kier alpha value is -0.715. The number of hydrogen-bond donors (Lipinski definition) is 0. The van der Waals surface area contributed by atoms with Gasteiger partial charge in [-0.05, 0) is 0 Å². The Bertz CT molecular complexity index is 101. The first-order chi connectivity index (χ1) is 3.27. The SMILES string of the molecule is [B]C(=C)/C=C\C=C. The molecule has 2 radical (unpaired) electrons. The molecule has 0 fully saturated rings. The van der Waals surface area contributed by atoms with Crippen LogP contribution in [0, 0.1) is 0 Å². The molecular formula is C6H7B. The summed E-state index contributed by atoms with van der Waals surface area (Å²) in [6.07, 6.45) is 5.08. The molecule has 0 saturated heterocycles. The molecule has 0 saturated carbocycles. The molecule has 0 atom stereocenters. The largest absolute Gasteiger partial charge is 0.112 e. The monoisotopic (exact) mass is 90.1 g/mol. The molecule has 0 nitrogen and oxygen atoms in total. The highest BCUT2D eigenvalue weighted by Crippen LogP contribution is 1.81. The summed E-state index contributed by atoms with van der Waals surface area (Å²) in [6, 6.07) is 0. The quantitative estimate of drug-likeness (QED) is 0.355. The maximum absolute atomic E-state index is 5.15. The highest BCUT2D eigenvalue weighted by atomic mass is 13.6. The van der Waals surface area contributed by atoms with Crippen LogP contribution in [0.5, 0.6) is 0 Å². The molecule has 0 unspecified atom stereocenters. The second kappa shape index (κ2) is 3.47. The van der Waals surface area contributed by atoms with Gasteiger partial charge in [-0.1, -0.05) is 24.8 Å². The molecule has 0 aromatic heterocycles. The van der Waals surface area contributed by atoms with Crippen molar-refractivity contribution in [3.05, 3.63) is 36.9 Å². The summed E-state index contributed by atoms with van der Waals surface area (Å²) in [6.45, 7) is 6.88. The van der Waals surface area contributed by atoms with E-state index in [9.17, 15) is 0 Å². The van der Waals surface area contributed by atoms with Gasteiger partial charge < -0.3 is 0 Å². The lowest BCUT2D eigenvalue weighted by Gasteiger charge is -1.77. The molecule has 0 aliphatic heterocycles. The lowest BCUT2D eigenvalue weighted by molar-refractivity contribution is 1.92. The summed E-state index contributed by atoms with van der Waals surface area (Å²) in [5.41, 5.74) is 0.555. The fourth-order valence-corrected chi connectivity index (χ4v) is 0.192. The maximum atomic E-state index is 5.15. The van der Waals surface area contributed by atoms with Gasteiger partial charge >= 0.3 is 0 Å². The smallest absolute Gasteiger partial charge is 0.106 e. The number of allylic oxidation sites excluding steroid dienone is 4. The third kappa shape index (κ3) is 5.28. The zero-order chi connectivity index (χ0) is 5.70. The van der Waals surface area contributed by atoms with E-state index in [0.717, 1.165) is 0 Å². The molecule has 0 N–H and O–H groups in total. The van der Waals surface area contributed by atoms with E-state index in [4.69, 9.17) is 7.85 Å². The Kier molecular flexibility index (Phi) is 3.12. The predicted octanol–water partition coefficient (Wildman–Crippen LogP) is 1.41. The third-order valence-corrected chi connectivity index (χ3v) is 0.446. The zero-order valence-electron chi connectivity index (χ0n) is 4.22. The first-order valence-corrected chi connectivity index (χ1v) is 2.01. The Labute approximate surface area is 45.6 Å². The van der Waals surface area contributed by atoms with Crippen molar-refractivity contribution in [2.75, 3.05) is 0 Å². The molecule has 0 aromatic rings. The van der Waals surface area contributed by atoms with Crippen molar-refractivity contribution >= 4 is 7.85 Å². The minimum Gasteiger partial charge on any atom is -0.106 e. The molecule has 0 aliphatic rings. The fraction of sp³-hybridized carbons (Fsp3) is 0. The third-order valence-electron chi connectivity index (χ3n) is 0.446. The van der Waals surface area contributed by atoms with Crippen molar-refractivity contribution in [2.45, 2.75) is 0 Å². The van der Waals surface area contributed by atoms with E-state index in [0.29, 0.717) is 5.47 Å². The Balaban J connectivity index is 3.46. The Morgan fingerprint density at radius 1 is 1.57 bits per heavy atom. The summed E-state index contributed by atoms with van der Waals surface area (Å²) in [4.78, 5) is 0. The first kappa shape index (κ1) is 6.28.